The number of nitrogens with zero attached hydrogens (tertiary/aromatic N) is 1. The van der Waals surface area contributed by atoms with Crippen molar-refractivity contribution in [3.05, 3.63) is 14.7 Å². The maximum Gasteiger partial charge on any atom is 0.345 e. The molecule has 1 aliphatic carbocycles. The van der Waals surface area contributed by atoms with Gasteiger partial charge in [-0.1, -0.05) is 0 Å². The summed E-state index contributed by atoms with van der Waals surface area (Å²) in [4.78, 5) is 11.0. The molecule has 112 valence electrons. The predicted molar refractivity (Wildman–Crippen MR) is 80.7 cm³/mol. The van der Waals surface area contributed by atoms with Gasteiger partial charge in [-0.25, -0.2) is 13.2 Å². The molecule has 5 nitrogen and oxygen atoms in total. The van der Waals surface area contributed by atoms with Crippen molar-refractivity contribution in [3.8, 4) is 0 Å². The number of thiophene rings is 1. The lowest BCUT2D eigenvalue weighted by molar-refractivity contribution is 0.0702. The molecule has 1 fully saturated rings. The first-order valence-corrected chi connectivity index (χ1v) is 9.33. The molecule has 20 heavy (non-hydrogen) atoms. The van der Waals surface area contributed by atoms with Gasteiger partial charge in [-0.3, -0.25) is 0 Å². The summed E-state index contributed by atoms with van der Waals surface area (Å²) in [6.07, 6.45) is 2.12. The minimum atomic E-state index is -3.67. The van der Waals surface area contributed by atoms with E-state index in [-0.39, 0.29) is 15.8 Å². The van der Waals surface area contributed by atoms with Crippen LogP contribution < -0.4 is 0 Å². The van der Waals surface area contributed by atoms with Gasteiger partial charge in [0, 0.05) is 12.6 Å². The summed E-state index contributed by atoms with van der Waals surface area (Å²) in [6.45, 7) is 4.17. The first-order chi connectivity index (χ1) is 9.23. The molecule has 0 saturated heterocycles. The molecule has 2 rings (SSSR count). The molecule has 1 heterocycles. The SMILES string of the molecule is CC(C)N(CC1CC1)S(=O)(=O)c1cc(C(=O)O)sc1Br. The Hall–Kier alpha value is -0.440. The maximum atomic E-state index is 12.7. The smallest absolute Gasteiger partial charge is 0.345 e. The van der Waals surface area contributed by atoms with E-state index in [0.717, 1.165) is 24.2 Å². The molecule has 1 N–H and O–H groups in total. The van der Waals surface area contributed by atoms with Crippen LogP contribution in [0, 0.1) is 5.92 Å². The first kappa shape index (κ1) is 15.9. The molecule has 0 radical (unpaired) electrons. The fourth-order valence-corrected chi connectivity index (χ4v) is 5.97. The molecule has 0 atom stereocenters. The van der Waals surface area contributed by atoms with Gasteiger partial charge in [-0.15, -0.1) is 11.3 Å². The van der Waals surface area contributed by atoms with Crippen molar-refractivity contribution in [2.45, 2.75) is 37.6 Å². The second kappa shape index (κ2) is 5.75. The van der Waals surface area contributed by atoms with E-state index in [9.17, 15) is 13.2 Å². The van der Waals surface area contributed by atoms with Gasteiger partial charge < -0.3 is 5.11 Å². The van der Waals surface area contributed by atoms with E-state index in [2.05, 4.69) is 15.9 Å². The number of carboxylic acids is 1. The lowest BCUT2D eigenvalue weighted by Crippen LogP contribution is -2.38. The van der Waals surface area contributed by atoms with E-state index in [1.54, 1.807) is 0 Å². The molecule has 0 bridgehead atoms. The molecule has 8 heteroatoms. The summed E-state index contributed by atoms with van der Waals surface area (Å²) in [6, 6.07) is 1.08. The number of halogens is 1. The zero-order valence-corrected chi connectivity index (χ0v) is 14.4. The highest BCUT2D eigenvalue weighted by Crippen LogP contribution is 2.37. The summed E-state index contributed by atoms with van der Waals surface area (Å²) >= 11 is 4.09. The van der Waals surface area contributed by atoms with Gasteiger partial charge in [0.05, 0.1) is 3.79 Å². The lowest BCUT2D eigenvalue weighted by atomic mass is 10.3. The highest BCUT2D eigenvalue weighted by Gasteiger charge is 2.35. The number of carboxylic acid groups (broad SMARTS) is 1. The van der Waals surface area contributed by atoms with Gasteiger partial charge in [-0.05, 0) is 54.6 Å². The van der Waals surface area contributed by atoms with Crippen LogP contribution in [0.2, 0.25) is 0 Å². The molecule has 0 aliphatic heterocycles. The first-order valence-electron chi connectivity index (χ1n) is 6.28. The second-order valence-electron chi connectivity index (χ2n) is 5.17. The van der Waals surface area contributed by atoms with Crippen LogP contribution in [-0.4, -0.2) is 36.4 Å². The zero-order valence-electron chi connectivity index (χ0n) is 11.2. The predicted octanol–water partition coefficient (Wildman–Crippen LogP) is 3.02. The fourth-order valence-electron chi connectivity index (χ4n) is 1.90. The normalized spacial score (nSPS) is 16.1. The van der Waals surface area contributed by atoms with Crippen molar-refractivity contribution in [2.24, 2.45) is 5.92 Å². The van der Waals surface area contributed by atoms with Crippen LogP contribution in [0.1, 0.15) is 36.4 Å². The Morgan fingerprint density at radius 3 is 2.55 bits per heavy atom. The quantitative estimate of drug-likeness (QED) is 0.821. The van der Waals surface area contributed by atoms with Crippen LogP contribution in [0.5, 0.6) is 0 Å². The number of hydrogen-bond donors (Lipinski definition) is 1. The highest BCUT2D eigenvalue weighted by atomic mass is 79.9. The van der Waals surface area contributed by atoms with E-state index in [1.165, 1.54) is 10.4 Å². The largest absolute Gasteiger partial charge is 0.477 e. The summed E-state index contributed by atoms with van der Waals surface area (Å²) in [5, 5.41) is 8.97. The molecule has 1 aliphatic rings. The number of aromatic carboxylic acids is 1. The van der Waals surface area contributed by atoms with E-state index in [4.69, 9.17) is 5.11 Å². The Balaban J connectivity index is 2.38. The van der Waals surface area contributed by atoms with Crippen molar-refractivity contribution in [3.63, 3.8) is 0 Å². The van der Waals surface area contributed by atoms with Gasteiger partial charge >= 0.3 is 5.97 Å². The Labute approximate surface area is 130 Å². The number of hydrogen-bond acceptors (Lipinski definition) is 4. The van der Waals surface area contributed by atoms with Crippen LogP contribution in [0.3, 0.4) is 0 Å². The topological polar surface area (TPSA) is 74.7 Å². The minimum Gasteiger partial charge on any atom is -0.477 e. The summed E-state index contributed by atoms with van der Waals surface area (Å²) < 4.78 is 27.2. The third-order valence-electron chi connectivity index (χ3n) is 3.16. The number of rotatable bonds is 6. The molecule has 1 aromatic heterocycles. The average molecular weight is 382 g/mol. The maximum absolute atomic E-state index is 12.7. The molecule has 0 unspecified atom stereocenters. The van der Waals surface area contributed by atoms with Gasteiger partial charge in [0.25, 0.3) is 0 Å². The molecular formula is C12H16BrNO4S2. The molecule has 0 aromatic carbocycles. The van der Waals surface area contributed by atoms with Crippen molar-refractivity contribution < 1.29 is 18.3 Å². The fraction of sp³-hybridized carbons (Fsp3) is 0.583. The minimum absolute atomic E-state index is 0.0191. The Morgan fingerprint density at radius 1 is 1.55 bits per heavy atom. The summed E-state index contributed by atoms with van der Waals surface area (Å²) in [5.74, 6) is -0.682. The summed E-state index contributed by atoms with van der Waals surface area (Å²) in [5.41, 5.74) is 0. The van der Waals surface area contributed by atoms with Crippen LogP contribution in [0.15, 0.2) is 14.7 Å². The van der Waals surface area contributed by atoms with Crippen LogP contribution in [0.4, 0.5) is 0 Å². The number of carbonyl (C=O) groups is 1. The molecule has 0 spiro atoms. The lowest BCUT2D eigenvalue weighted by Gasteiger charge is -2.25. The van der Waals surface area contributed by atoms with Gasteiger partial charge in [0.2, 0.25) is 10.0 Å². The van der Waals surface area contributed by atoms with Gasteiger partial charge in [0.15, 0.2) is 0 Å². The number of sulfonamides is 1. The van der Waals surface area contributed by atoms with E-state index < -0.39 is 16.0 Å². The third-order valence-corrected chi connectivity index (χ3v) is 7.45. The van der Waals surface area contributed by atoms with Crippen molar-refractivity contribution >= 4 is 43.3 Å². The van der Waals surface area contributed by atoms with Gasteiger partial charge in [0.1, 0.15) is 9.77 Å². The standard InChI is InChI=1S/C12H16BrNO4S2/c1-7(2)14(6-8-3-4-8)20(17,18)10-5-9(12(15)16)19-11(10)13/h5,7-8H,3-4,6H2,1-2H3,(H,15,16). The van der Waals surface area contributed by atoms with Crippen molar-refractivity contribution in [2.75, 3.05) is 6.54 Å². The Bertz CT molecular complexity index is 619. The monoisotopic (exact) mass is 381 g/mol. The highest BCUT2D eigenvalue weighted by molar-refractivity contribution is 9.11. The second-order valence-corrected chi connectivity index (χ2v) is 9.39. The Kier molecular flexibility index (Phi) is 4.58. The van der Waals surface area contributed by atoms with Crippen LogP contribution in [-0.2, 0) is 10.0 Å². The van der Waals surface area contributed by atoms with E-state index in [0.29, 0.717) is 16.2 Å². The van der Waals surface area contributed by atoms with E-state index in [1.807, 2.05) is 13.8 Å². The van der Waals surface area contributed by atoms with Crippen LogP contribution in [0.25, 0.3) is 0 Å². The molecule has 0 amide bonds. The van der Waals surface area contributed by atoms with Gasteiger partial charge in [-0.2, -0.15) is 4.31 Å². The third kappa shape index (κ3) is 3.24. The van der Waals surface area contributed by atoms with Crippen molar-refractivity contribution in [1.29, 1.82) is 0 Å². The Morgan fingerprint density at radius 2 is 2.15 bits per heavy atom. The van der Waals surface area contributed by atoms with E-state index >= 15 is 0 Å². The van der Waals surface area contributed by atoms with Crippen LogP contribution >= 0.6 is 27.3 Å². The molecule has 1 aromatic rings. The molecular weight excluding hydrogens is 366 g/mol. The zero-order chi connectivity index (χ0) is 15.1. The van der Waals surface area contributed by atoms with Crippen molar-refractivity contribution in [1.82, 2.24) is 4.31 Å². The molecule has 1 saturated carbocycles. The summed E-state index contributed by atoms with van der Waals surface area (Å²) in [7, 11) is -3.67. The average Bonchev–Trinajstić information content (AvgIpc) is 3.06.